The van der Waals surface area contributed by atoms with Gasteiger partial charge < -0.3 is 9.11 Å². The van der Waals surface area contributed by atoms with Crippen molar-refractivity contribution in [2.75, 3.05) is 11.5 Å². The maximum Gasteiger partial charge on any atom is 2.00 e. The Morgan fingerprint density at radius 1 is 0.200 bits per heavy atom. The maximum absolute atomic E-state index is 10.5. The van der Waals surface area contributed by atoms with E-state index in [1.54, 1.807) is 0 Å². The summed E-state index contributed by atoms with van der Waals surface area (Å²) in [5.41, 5.74) is 0. The van der Waals surface area contributed by atoms with Crippen LogP contribution in [0.5, 0.6) is 0 Å². The summed E-state index contributed by atoms with van der Waals surface area (Å²) in [5.74, 6) is -0.376. The second-order valence-corrected chi connectivity index (χ2v) is 23.2. The smallest absolute Gasteiger partial charge is 0.748 e. The molecule has 0 atom stereocenters. The Balaban J connectivity index is -0.00000116. The van der Waals surface area contributed by atoms with Gasteiger partial charge in [0.2, 0.25) is 0 Å². The summed E-state index contributed by atoms with van der Waals surface area (Å²) in [5, 5.41) is 0. The Bertz CT molecular complexity index is 987. The molecule has 0 N–H and O–H groups in total. The van der Waals surface area contributed by atoms with E-state index in [1.165, 1.54) is 295 Å². The first-order valence-corrected chi connectivity index (χ1v) is 32.1. The summed E-state index contributed by atoms with van der Waals surface area (Å²) < 4.78 is 63.1. The van der Waals surface area contributed by atoms with Gasteiger partial charge in [0, 0.05) is 11.5 Å². The quantitative estimate of drug-likeness (QED) is 0.0341. The Morgan fingerprint density at radius 2 is 0.292 bits per heavy atom. The van der Waals surface area contributed by atoms with E-state index in [-0.39, 0.29) is 49.2 Å². The van der Waals surface area contributed by atoms with Crippen LogP contribution < -0.4 is 0 Å². The first-order valence-electron chi connectivity index (χ1n) is 29.0. The Labute approximate surface area is 439 Å². The van der Waals surface area contributed by atoms with Gasteiger partial charge in [-0.15, -0.1) is 0 Å². The van der Waals surface area contributed by atoms with Gasteiger partial charge in [0.1, 0.15) is 0 Å². The first-order chi connectivity index (χ1) is 31.1. The summed E-state index contributed by atoms with van der Waals surface area (Å²) in [6.45, 7) is 4.58. The molecule has 0 aromatic carbocycles. The van der Waals surface area contributed by atoms with E-state index in [1.807, 2.05) is 0 Å². The predicted molar refractivity (Wildman–Crippen MR) is 286 cm³/mol. The van der Waals surface area contributed by atoms with Gasteiger partial charge in [-0.25, -0.2) is 16.8 Å². The van der Waals surface area contributed by atoms with Crippen LogP contribution in [0.4, 0.5) is 0 Å². The molecule has 0 aliphatic carbocycles. The van der Waals surface area contributed by atoms with Gasteiger partial charge in [-0.2, -0.15) is 0 Å². The van der Waals surface area contributed by atoms with Crippen molar-refractivity contribution in [1.29, 1.82) is 0 Å². The molecule has 65 heavy (non-hydrogen) atoms. The zero-order valence-electron chi connectivity index (χ0n) is 44.2. The van der Waals surface area contributed by atoms with Crippen molar-refractivity contribution in [2.45, 2.75) is 348 Å². The summed E-state index contributed by atoms with van der Waals surface area (Å²) in [6.07, 6.45) is 69.6. The third-order valence-electron chi connectivity index (χ3n) is 13.5. The van der Waals surface area contributed by atoms with Crippen molar-refractivity contribution >= 4 is 58.0 Å². The molecule has 6 nitrogen and oxygen atoms in total. The zero-order valence-corrected chi connectivity index (χ0v) is 48.0. The summed E-state index contributed by atoms with van der Waals surface area (Å²) in [4.78, 5) is 0. The average molecular weight is 988 g/mol. The molecule has 0 aromatic rings. The van der Waals surface area contributed by atoms with E-state index < -0.39 is 20.2 Å². The fraction of sp³-hybridized carbons (Fsp3) is 1.00. The van der Waals surface area contributed by atoms with Crippen molar-refractivity contribution in [3.63, 3.8) is 0 Å². The van der Waals surface area contributed by atoms with Crippen molar-refractivity contribution in [1.82, 2.24) is 0 Å². The zero-order chi connectivity index (χ0) is 47.2. The van der Waals surface area contributed by atoms with Gasteiger partial charge >= 0.3 is 37.7 Å². The molecule has 0 saturated heterocycles. The molecule has 0 aromatic heterocycles. The molecule has 0 fully saturated rings. The Morgan fingerprint density at radius 3 is 0.385 bits per heavy atom. The second-order valence-electron chi connectivity index (χ2n) is 20.2. The van der Waals surface area contributed by atoms with Gasteiger partial charge in [-0.05, 0) is 12.8 Å². The van der Waals surface area contributed by atoms with Crippen molar-refractivity contribution in [2.24, 2.45) is 0 Å². The average Bonchev–Trinajstić information content (AvgIpc) is 3.25. The van der Waals surface area contributed by atoms with Crippen LogP contribution in [0.25, 0.3) is 0 Å². The fourth-order valence-corrected chi connectivity index (χ4v) is 10.3. The molecule has 0 rings (SSSR count). The van der Waals surface area contributed by atoms with Crippen LogP contribution >= 0.6 is 0 Å². The Kier molecular flexibility index (Phi) is 64.3. The minimum atomic E-state index is -4.00. The van der Waals surface area contributed by atoms with Gasteiger partial charge in [0.25, 0.3) is 0 Å². The Hall–Kier alpha value is 1.08. The second kappa shape index (κ2) is 59.4. The van der Waals surface area contributed by atoms with Crippen molar-refractivity contribution < 1.29 is 25.9 Å². The molecule has 0 saturated carbocycles. The van der Waals surface area contributed by atoms with Crippen LogP contribution in [-0.4, -0.2) is 75.2 Å². The molecule has 0 amide bonds. The van der Waals surface area contributed by atoms with Crippen molar-refractivity contribution in [3.05, 3.63) is 0 Å². The molecule has 0 bridgehead atoms. The molecule has 0 radical (unpaired) electrons. The van der Waals surface area contributed by atoms with Gasteiger partial charge in [-0.3, -0.25) is 0 Å². The number of rotatable bonds is 54. The molecule has 9 heteroatoms. The number of unbranched alkanes of at least 4 members (excludes halogenated alkanes) is 50. The molecule has 0 aliphatic rings. The minimum Gasteiger partial charge on any atom is -0.748 e. The monoisotopic (exact) mass is 987 g/mol. The van der Waals surface area contributed by atoms with E-state index >= 15 is 0 Å². The predicted octanol–water partition coefficient (Wildman–Crippen LogP) is 19.0. The maximum atomic E-state index is 10.5. The van der Waals surface area contributed by atoms with E-state index in [4.69, 9.17) is 0 Å². The number of hydrogen-bond donors (Lipinski definition) is 0. The van der Waals surface area contributed by atoms with Crippen LogP contribution in [0.2, 0.25) is 0 Å². The standard InChI is InChI=1S/2C28H58O3S.Ca/c2*1-2-3-4-5-6-7-8-9-10-11-12-13-14-15-16-17-18-19-20-21-22-23-24-25-26-27-28-32(29,30)31;/h2*2-28H2,1H3,(H,29,30,31);/q;;+2/p-2. The van der Waals surface area contributed by atoms with E-state index in [0.717, 1.165) is 25.7 Å². The molecule has 0 spiro atoms. The van der Waals surface area contributed by atoms with Crippen LogP contribution in [-0.2, 0) is 20.2 Å². The van der Waals surface area contributed by atoms with Gasteiger partial charge in [0.05, 0.1) is 20.2 Å². The normalized spacial score (nSPS) is 11.8. The summed E-state index contributed by atoms with van der Waals surface area (Å²) in [6, 6.07) is 0. The van der Waals surface area contributed by atoms with E-state index in [0.29, 0.717) is 12.8 Å². The van der Waals surface area contributed by atoms with Gasteiger partial charge in [-0.1, -0.05) is 335 Å². The van der Waals surface area contributed by atoms with E-state index in [2.05, 4.69) is 13.8 Å². The largest absolute Gasteiger partial charge is 2.00 e. The summed E-state index contributed by atoms with van der Waals surface area (Å²) in [7, 11) is -8.01. The molecule has 0 heterocycles. The van der Waals surface area contributed by atoms with Crippen LogP contribution in [0.1, 0.15) is 348 Å². The molecule has 0 aliphatic heterocycles. The number of hydrogen-bond acceptors (Lipinski definition) is 6. The fourth-order valence-electron chi connectivity index (χ4n) is 9.19. The van der Waals surface area contributed by atoms with E-state index in [9.17, 15) is 25.9 Å². The first kappa shape index (κ1) is 70.3. The van der Waals surface area contributed by atoms with Crippen LogP contribution in [0, 0.1) is 0 Å². The summed E-state index contributed by atoms with van der Waals surface area (Å²) >= 11 is 0. The van der Waals surface area contributed by atoms with Gasteiger partial charge in [0.15, 0.2) is 0 Å². The molecule has 0 unspecified atom stereocenters. The third-order valence-corrected chi connectivity index (χ3v) is 15.1. The molecular weight excluding hydrogens is 873 g/mol. The minimum absolute atomic E-state index is 0. The van der Waals surface area contributed by atoms with Crippen LogP contribution in [0.15, 0.2) is 0 Å². The SMILES string of the molecule is CCCCCCCCCCCCCCCCCCCCCCCCCCCCS(=O)(=O)[O-].CCCCCCCCCCCCCCCCCCCCCCCCCCCCS(=O)(=O)[O-].[Ca+2]. The van der Waals surface area contributed by atoms with Crippen molar-refractivity contribution in [3.8, 4) is 0 Å². The third kappa shape index (κ3) is 74.2. The molecular formula is C56H114CaO6S2. The molecule has 388 valence electrons. The topological polar surface area (TPSA) is 114 Å². The van der Waals surface area contributed by atoms with Crippen LogP contribution in [0.3, 0.4) is 0 Å².